The van der Waals surface area contributed by atoms with Gasteiger partial charge in [0.2, 0.25) is 5.89 Å². The molecule has 130 valence electrons. The van der Waals surface area contributed by atoms with Crippen LogP contribution in [0.2, 0.25) is 0 Å². The van der Waals surface area contributed by atoms with Gasteiger partial charge in [0.05, 0.1) is 6.26 Å². The predicted octanol–water partition coefficient (Wildman–Crippen LogP) is 2.57. The minimum absolute atomic E-state index is 0.337. The van der Waals surface area contributed by atoms with Gasteiger partial charge in [-0.3, -0.25) is 10.00 Å². The number of furan rings is 1. The number of anilines is 1. The Hall–Kier alpha value is -3.10. The monoisotopic (exact) mass is 342 g/mol. The van der Waals surface area contributed by atoms with E-state index in [1.807, 2.05) is 6.07 Å². The van der Waals surface area contributed by atoms with E-state index in [-0.39, 0.29) is 6.03 Å². The van der Waals surface area contributed by atoms with Gasteiger partial charge in [-0.1, -0.05) is 5.16 Å². The van der Waals surface area contributed by atoms with Gasteiger partial charge in [-0.15, -0.1) is 0 Å². The van der Waals surface area contributed by atoms with Crippen molar-refractivity contribution < 1.29 is 13.7 Å². The molecule has 1 aliphatic carbocycles. The molecule has 3 aromatic heterocycles. The topological polar surface area (TPSA) is 111 Å². The van der Waals surface area contributed by atoms with Gasteiger partial charge in [0.1, 0.15) is 17.1 Å². The fourth-order valence-electron chi connectivity index (χ4n) is 2.92. The molecule has 9 nitrogen and oxygen atoms in total. The number of nitrogens with one attached hydrogen (secondary N) is 2. The number of nitrogens with zero attached hydrogens (tertiary/aromatic N) is 4. The lowest BCUT2D eigenvalue weighted by Gasteiger charge is -2.39. The van der Waals surface area contributed by atoms with Crippen LogP contribution < -0.4 is 10.6 Å². The van der Waals surface area contributed by atoms with E-state index >= 15 is 0 Å². The van der Waals surface area contributed by atoms with E-state index < -0.39 is 5.54 Å². The molecule has 0 aliphatic heterocycles. The Morgan fingerprint density at radius 1 is 1.40 bits per heavy atom. The van der Waals surface area contributed by atoms with Gasteiger partial charge in [-0.05, 0) is 31.4 Å². The zero-order valence-corrected chi connectivity index (χ0v) is 13.9. The summed E-state index contributed by atoms with van der Waals surface area (Å²) in [5.41, 5.74) is 0.0829. The molecule has 1 aliphatic rings. The maximum atomic E-state index is 12.5. The summed E-state index contributed by atoms with van der Waals surface area (Å²) >= 11 is 0. The summed E-state index contributed by atoms with van der Waals surface area (Å²) in [4.78, 5) is 16.7. The average Bonchev–Trinajstić information content (AvgIpc) is 3.25. The quantitative estimate of drug-likeness (QED) is 0.754. The molecule has 2 N–H and O–H groups in total. The molecule has 3 aromatic rings. The Morgan fingerprint density at radius 3 is 2.84 bits per heavy atom. The molecule has 3 heterocycles. The predicted molar refractivity (Wildman–Crippen MR) is 87.6 cm³/mol. The number of amides is 2. The van der Waals surface area contributed by atoms with Gasteiger partial charge in [-0.2, -0.15) is 10.1 Å². The Kier molecular flexibility index (Phi) is 3.56. The van der Waals surface area contributed by atoms with Crippen molar-refractivity contribution in [3.8, 4) is 11.5 Å². The van der Waals surface area contributed by atoms with Crippen LogP contribution in [0, 0.1) is 6.92 Å². The van der Waals surface area contributed by atoms with Crippen LogP contribution in [0.4, 0.5) is 10.6 Å². The van der Waals surface area contributed by atoms with Gasteiger partial charge >= 0.3 is 6.03 Å². The van der Waals surface area contributed by atoms with E-state index in [0.29, 0.717) is 29.0 Å². The molecule has 2 amide bonds. The van der Waals surface area contributed by atoms with Gasteiger partial charge in [0.15, 0.2) is 11.6 Å². The molecular weight excluding hydrogens is 324 g/mol. The van der Waals surface area contributed by atoms with Crippen LogP contribution in [0.1, 0.15) is 31.0 Å². The highest BCUT2D eigenvalue weighted by atomic mass is 16.5. The fraction of sp³-hybridized carbons (Fsp3) is 0.375. The Morgan fingerprint density at radius 2 is 2.24 bits per heavy atom. The van der Waals surface area contributed by atoms with Crippen LogP contribution in [0.25, 0.3) is 11.5 Å². The average molecular weight is 342 g/mol. The molecule has 9 heteroatoms. The highest BCUT2D eigenvalue weighted by Gasteiger charge is 2.44. The second kappa shape index (κ2) is 5.76. The van der Waals surface area contributed by atoms with Gasteiger partial charge in [0.25, 0.3) is 0 Å². The Bertz CT molecular complexity index is 891. The van der Waals surface area contributed by atoms with Crippen LogP contribution in [0.15, 0.2) is 33.4 Å². The van der Waals surface area contributed by atoms with Crippen LogP contribution in [-0.4, -0.2) is 26.0 Å². The number of urea groups is 1. The molecule has 0 spiro atoms. The van der Waals surface area contributed by atoms with Crippen LogP contribution in [0.3, 0.4) is 0 Å². The van der Waals surface area contributed by atoms with Crippen molar-refractivity contribution in [3.63, 3.8) is 0 Å². The first kappa shape index (κ1) is 15.4. The Balaban J connectivity index is 1.49. The van der Waals surface area contributed by atoms with Gasteiger partial charge in [-0.25, -0.2) is 4.79 Å². The third kappa shape index (κ3) is 2.77. The summed E-state index contributed by atoms with van der Waals surface area (Å²) in [7, 11) is 1.75. The summed E-state index contributed by atoms with van der Waals surface area (Å²) in [6.45, 7) is 1.73. The van der Waals surface area contributed by atoms with Gasteiger partial charge in [0, 0.05) is 20.0 Å². The molecule has 0 bridgehead atoms. The molecule has 1 fully saturated rings. The zero-order chi connectivity index (χ0) is 17.4. The first-order valence-electron chi connectivity index (χ1n) is 8.04. The maximum Gasteiger partial charge on any atom is 0.321 e. The number of carbonyl (C=O) groups is 1. The van der Waals surface area contributed by atoms with Crippen molar-refractivity contribution in [2.24, 2.45) is 7.05 Å². The van der Waals surface area contributed by atoms with E-state index in [1.165, 1.54) is 0 Å². The summed E-state index contributed by atoms with van der Waals surface area (Å²) < 4.78 is 12.0. The standard InChI is InChI=1S/C16H18N6O3/c1-10-17-14(21-25-10)16(6-4-7-16)19-15(23)18-13-9-11(20-22(13)2)12-5-3-8-24-12/h3,5,8-9H,4,6-7H2,1-2H3,(H2,18,19,23). The summed E-state index contributed by atoms with van der Waals surface area (Å²) in [6, 6.07) is 5.02. The first-order valence-corrected chi connectivity index (χ1v) is 8.04. The lowest BCUT2D eigenvalue weighted by molar-refractivity contribution is 0.171. The smallest absolute Gasteiger partial charge is 0.321 e. The van der Waals surface area contributed by atoms with Crippen molar-refractivity contribution in [3.05, 3.63) is 36.2 Å². The van der Waals surface area contributed by atoms with E-state index in [0.717, 1.165) is 19.3 Å². The number of aromatic nitrogens is 4. The molecule has 25 heavy (non-hydrogen) atoms. The molecule has 0 unspecified atom stereocenters. The lowest BCUT2D eigenvalue weighted by Crippen LogP contribution is -2.53. The normalized spacial score (nSPS) is 15.6. The zero-order valence-electron chi connectivity index (χ0n) is 13.9. The van der Waals surface area contributed by atoms with Crippen LogP contribution in [-0.2, 0) is 12.6 Å². The fourth-order valence-corrected chi connectivity index (χ4v) is 2.92. The maximum absolute atomic E-state index is 12.5. The molecule has 4 rings (SSSR count). The summed E-state index contributed by atoms with van der Waals surface area (Å²) in [5, 5.41) is 14.1. The number of aryl methyl sites for hydroxylation is 2. The van der Waals surface area contributed by atoms with Gasteiger partial charge < -0.3 is 14.3 Å². The molecule has 0 atom stereocenters. The van der Waals surface area contributed by atoms with Crippen molar-refractivity contribution in [1.29, 1.82) is 0 Å². The molecule has 0 radical (unpaired) electrons. The SMILES string of the molecule is Cc1nc(C2(NC(=O)Nc3cc(-c4ccco4)nn3C)CCC2)no1. The Labute approximate surface area is 143 Å². The third-order valence-corrected chi connectivity index (χ3v) is 4.41. The number of hydrogen-bond acceptors (Lipinski definition) is 6. The molecule has 1 saturated carbocycles. The minimum Gasteiger partial charge on any atom is -0.463 e. The molecule has 0 saturated heterocycles. The third-order valence-electron chi connectivity index (χ3n) is 4.41. The highest BCUT2D eigenvalue weighted by Crippen LogP contribution is 2.39. The highest BCUT2D eigenvalue weighted by molar-refractivity contribution is 5.89. The van der Waals surface area contributed by atoms with Crippen molar-refractivity contribution in [2.75, 3.05) is 5.32 Å². The van der Waals surface area contributed by atoms with Crippen LogP contribution in [0.5, 0.6) is 0 Å². The summed E-state index contributed by atoms with van der Waals surface area (Å²) in [5.74, 6) is 2.20. The van der Waals surface area contributed by atoms with E-state index in [9.17, 15) is 4.79 Å². The minimum atomic E-state index is -0.565. The number of hydrogen-bond donors (Lipinski definition) is 2. The molecular formula is C16H18N6O3. The second-order valence-electron chi connectivity index (χ2n) is 6.17. The lowest BCUT2D eigenvalue weighted by atomic mass is 9.76. The van der Waals surface area contributed by atoms with Crippen molar-refractivity contribution >= 4 is 11.8 Å². The number of carbonyl (C=O) groups excluding carboxylic acids is 1. The number of rotatable bonds is 4. The van der Waals surface area contributed by atoms with Crippen LogP contribution >= 0.6 is 0 Å². The first-order chi connectivity index (χ1) is 12.1. The van der Waals surface area contributed by atoms with Crippen molar-refractivity contribution in [1.82, 2.24) is 25.2 Å². The molecule has 0 aromatic carbocycles. The second-order valence-corrected chi connectivity index (χ2v) is 6.17. The van der Waals surface area contributed by atoms with Crippen molar-refractivity contribution in [2.45, 2.75) is 31.7 Å². The van der Waals surface area contributed by atoms with E-state index in [2.05, 4.69) is 25.9 Å². The summed E-state index contributed by atoms with van der Waals surface area (Å²) in [6.07, 6.45) is 4.14. The van der Waals surface area contributed by atoms with E-state index in [1.54, 1.807) is 37.0 Å². The van der Waals surface area contributed by atoms with E-state index in [4.69, 9.17) is 8.94 Å². The largest absolute Gasteiger partial charge is 0.463 e.